The monoisotopic (exact) mass is 254 g/mol. The van der Waals surface area contributed by atoms with Crippen LogP contribution < -0.4 is 5.32 Å². The van der Waals surface area contributed by atoms with Crippen LogP contribution in [0.3, 0.4) is 0 Å². The largest absolute Gasteiger partial charge is 0.310 e. The van der Waals surface area contributed by atoms with Crippen molar-refractivity contribution >= 4 is 10.8 Å². The van der Waals surface area contributed by atoms with Crippen molar-refractivity contribution < 1.29 is 0 Å². The minimum Gasteiger partial charge on any atom is -0.310 e. The molecular weight excluding hydrogens is 232 g/mol. The number of fused-ring (bicyclic) bond motifs is 1. The molecule has 19 heavy (non-hydrogen) atoms. The molecule has 0 aliphatic carbocycles. The number of benzene rings is 1. The molecule has 1 saturated heterocycles. The molecule has 1 aromatic carbocycles. The molecule has 1 aromatic heterocycles. The van der Waals surface area contributed by atoms with E-state index in [-0.39, 0.29) is 0 Å². The number of aromatic nitrogens is 1. The van der Waals surface area contributed by atoms with Crippen LogP contribution in [-0.4, -0.2) is 11.5 Å². The molecule has 1 N–H and O–H groups in total. The Morgan fingerprint density at radius 2 is 2.11 bits per heavy atom. The van der Waals surface area contributed by atoms with Gasteiger partial charge in [-0.05, 0) is 47.9 Å². The lowest BCUT2D eigenvalue weighted by Gasteiger charge is -2.24. The zero-order valence-corrected chi connectivity index (χ0v) is 11.8. The Morgan fingerprint density at radius 3 is 2.84 bits per heavy atom. The highest BCUT2D eigenvalue weighted by Gasteiger charge is 2.15. The summed E-state index contributed by atoms with van der Waals surface area (Å²) in [6.07, 6.45) is 7.89. The van der Waals surface area contributed by atoms with Gasteiger partial charge in [-0.25, -0.2) is 0 Å². The van der Waals surface area contributed by atoms with Crippen molar-refractivity contribution in [2.24, 2.45) is 0 Å². The lowest BCUT2D eigenvalue weighted by molar-refractivity contribution is 0.412. The zero-order valence-electron chi connectivity index (χ0n) is 11.8. The lowest BCUT2D eigenvalue weighted by Crippen LogP contribution is -2.26. The molecule has 1 aliphatic rings. The third kappa shape index (κ3) is 2.50. The molecule has 1 unspecified atom stereocenters. The highest BCUT2D eigenvalue weighted by atomic mass is 14.9. The fraction of sp³-hybridized carbons (Fsp3) is 0.471. The first kappa shape index (κ1) is 12.6. The highest BCUT2D eigenvalue weighted by Crippen LogP contribution is 2.29. The van der Waals surface area contributed by atoms with Gasteiger partial charge in [0.05, 0.1) is 0 Å². The first-order valence-electron chi connectivity index (χ1n) is 7.36. The van der Waals surface area contributed by atoms with Gasteiger partial charge in [0.25, 0.3) is 0 Å². The third-order valence-corrected chi connectivity index (χ3v) is 4.15. The van der Waals surface area contributed by atoms with E-state index in [1.807, 2.05) is 12.4 Å². The summed E-state index contributed by atoms with van der Waals surface area (Å²) in [5.41, 5.74) is 2.76. The van der Waals surface area contributed by atoms with Gasteiger partial charge in [-0.2, -0.15) is 0 Å². The van der Waals surface area contributed by atoms with Crippen molar-refractivity contribution in [1.29, 1.82) is 0 Å². The summed E-state index contributed by atoms with van der Waals surface area (Å²) in [5, 5.41) is 6.24. The zero-order chi connectivity index (χ0) is 13.2. The molecular formula is C17H22N2. The van der Waals surface area contributed by atoms with E-state index in [1.165, 1.54) is 41.2 Å². The van der Waals surface area contributed by atoms with Gasteiger partial charge in [-0.3, -0.25) is 4.98 Å². The first-order chi connectivity index (χ1) is 9.25. The molecule has 0 saturated carbocycles. The quantitative estimate of drug-likeness (QED) is 0.870. The van der Waals surface area contributed by atoms with Crippen molar-refractivity contribution in [3.05, 3.63) is 41.7 Å². The highest BCUT2D eigenvalue weighted by molar-refractivity contribution is 5.85. The van der Waals surface area contributed by atoms with E-state index in [0.29, 0.717) is 12.0 Å². The number of hydrogen-bond donors (Lipinski definition) is 1. The third-order valence-electron chi connectivity index (χ3n) is 4.15. The smallest absolute Gasteiger partial charge is 0.0346 e. The van der Waals surface area contributed by atoms with Crippen LogP contribution in [0.5, 0.6) is 0 Å². The van der Waals surface area contributed by atoms with Crippen LogP contribution in [0.15, 0.2) is 30.6 Å². The number of hydrogen-bond acceptors (Lipinski definition) is 2. The van der Waals surface area contributed by atoms with Gasteiger partial charge in [0, 0.05) is 23.8 Å². The standard InChI is InChI=1S/C17H22N2/c1-12(2)16-11-18-10-14-9-13(6-7-15(14)16)17-5-3-4-8-19-17/h6-7,9-12,17,19H,3-5,8H2,1-2H3. The maximum atomic E-state index is 4.40. The second-order valence-corrected chi connectivity index (χ2v) is 5.87. The van der Waals surface area contributed by atoms with Crippen molar-refractivity contribution in [3.8, 4) is 0 Å². The molecule has 2 heteroatoms. The van der Waals surface area contributed by atoms with E-state index in [2.05, 4.69) is 42.3 Å². The molecule has 0 spiro atoms. The Kier molecular flexibility index (Phi) is 3.52. The average Bonchev–Trinajstić information content (AvgIpc) is 2.47. The molecule has 2 heterocycles. The Morgan fingerprint density at radius 1 is 1.21 bits per heavy atom. The second kappa shape index (κ2) is 5.30. The minimum absolute atomic E-state index is 0.523. The van der Waals surface area contributed by atoms with Gasteiger partial charge in [0.2, 0.25) is 0 Å². The normalized spacial score (nSPS) is 20.1. The average molecular weight is 254 g/mol. The van der Waals surface area contributed by atoms with Gasteiger partial charge >= 0.3 is 0 Å². The summed E-state index contributed by atoms with van der Waals surface area (Å²) in [6, 6.07) is 7.41. The van der Waals surface area contributed by atoms with Gasteiger partial charge in [-0.15, -0.1) is 0 Å². The SMILES string of the molecule is CC(C)c1cncc2cc(C3CCCCN3)ccc12. The van der Waals surface area contributed by atoms with E-state index in [0.717, 1.165) is 6.54 Å². The molecule has 2 nitrogen and oxygen atoms in total. The molecule has 1 atom stereocenters. The van der Waals surface area contributed by atoms with E-state index in [4.69, 9.17) is 0 Å². The Balaban J connectivity index is 2.01. The summed E-state index contributed by atoms with van der Waals surface area (Å²) in [7, 11) is 0. The topological polar surface area (TPSA) is 24.9 Å². The number of nitrogens with zero attached hydrogens (tertiary/aromatic N) is 1. The Bertz CT molecular complexity index is 568. The van der Waals surface area contributed by atoms with E-state index in [9.17, 15) is 0 Å². The maximum Gasteiger partial charge on any atom is 0.0346 e. The van der Waals surface area contributed by atoms with Crippen LogP contribution in [-0.2, 0) is 0 Å². The fourth-order valence-electron chi connectivity index (χ4n) is 3.03. The van der Waals surface area contributed by atoms with Crippen molar-refractivity contribution in [1.82, 2.24) is 10.3 Å². The van der Waals surface area contributed by atoms with Gasteiger partial charge in [0.1, 0.15) is 0 Å². The van der Waals surface area contributed by atoms with Crippen LogP contribution in [0.1, 0.15) is 56.2 Å². The van der Waals surface area contributed by atoms with E-state index >= 15 is 0 Å². The molecule has 1 fully saturated rings. The summed E-state index contributed by atoms with van der Waals surface area (Å²) in [5.74, 6) is 0.523. The van der Waals surface area contributed by atoms with Crippen LogP contribution in [0, 0.1) is 0 Å². The van der Waals surface area contributed by atoms with Gasteiger partial charge in [0.15, 0.2) is 0 Å². The lowest BCUT2D eigenvalue weighted by atomic mass is 9.93. The Hall–Kier alpha value is -1.41. The maximum absolute atomic E-state index is 4.40. The van der Waals surface area contributed by atoms with Crippen LogP contribution in [0.25, 0.3) is 10.8 Å². The van der Waals surface area contributed by atoms with Crippen molar-refractivity contribution in [3.63, 3.8) is 0 Å². The van der Waals surface area contributed by atoms with Gasteiger partial charge < -0.3 is 5.32 Å². The number of piperidine rings is 1. The summed E-state index contributed by atoms with van der Waals surface area (Å²) in [4.78, 5) is 4.40. The van der Waals surface area contributed by atoms with E-state index in [1.54, 1.807) is 0 Å². The number of pyridine rings is 1. The molecule has 1 aliphatic heterocycles. The fourth-order valence-corrected chi connectivity index (χ4v) is 3.03. The predicted octanol–water partition coefficient (Wildman–Crippen LogP) is 4.17. The van der Waals surface area contributed by atoms with Crippen LogP contribution >= 0.6 is 0 Å². The summed E-state index contributed by atoms with van der Waals surface area (Å²) >= 11 is 0. The second-order valence-electron chi connectivity index (χ2n) is 5.87. The summed E-state index contributed by atoms with van der Waals surface area (Å²) in [6.45, 7) is 5.60. The van der Waals surface area contributed by atoms with Crippen molar-refractivity contribution in [2.45, 2.75) is 45.1 Å². The van der Waals surface area contributed by atoms with Crippen LogP contribution in [0.4, 0.5) is 0 Å². The van der Waals surface area contributed by atoms with Crippen molar-refractivity contribution in [2.75, 3.05) is 6.54 Å². The first-order valence-corrected chi connectivity index (χ1v) is 7.36. The minimum atomic E-state index is 0.523. The number of nitrogens with one attached hydrogen (secondary N) is 1. The van der Waals surface area contributed by atoms with E-state index < -0.39 is 0 Å². The summed E-state index contributed by atoms with van der Waals surface area (Å²) < 4.78 is 0. The Labute approximate surface area is 115 Å². The van der Waals surface area contributed by atoms with Crippen LogP contribution in [0.2, 0.25) is 0 Å². The molecule has 3 rings (SSSR count). The molecule has 2 aromatic rings. The predicted molar refractivity (Wildman–Crippen MR) is 80.4 cm³/mol. The molecule has 0 amide bonds. The number of rotatable bonds is 2. The molecule has 0 bridgehead atoms. The molecule has 100 valence electrons. The molecule has 0 radical (unpaired) electrons. The van der Waals surface area contributed by atoms with Gasteiger partial charge in [-0.1, -0.05) is 32.4 Å².